The molecule has 4 rings (SSSR count). The van der Waals surface area contributed by atoms with Crippen molar-refractivity contribution in [1.29, 1.82) is 0 Å². The number of hydrogen-bond donors (Lipinski definition) is 1. The Kier molecular flexibility index (Phi) is 4.10. The Labute approximate surface area is 144 Å². The molecule has 1 aliphatic heterocycles. The molecule has 124 valence electrons. The van der Waals surface area contributed by atoms with Crippen molar-refractivity contribution < 1.29 is 9.84 Å². The van der Waals surface area contributed by atoms with Crippen LogP contribution in [0.15, 0.2) is 42.7 Å². The standard InChI is InChI=1S/C17H17ClN4O2/c18-12-1-3-13(4-2-12)22-16-9-19-6-5-15(16)17(20-22)21-7-8-24-14(10-21)11-23/h1-6,9,14,23H,7-8,10-11H2. The highest BCUT2D eigenvalue weighted by Gasteiger charge is 2.24. The number of benzene rings is 1. The number of aliphatic hydroxyl groups excluding tert-OH is 1. The third-order valence-corrected chi connectivity index (χ3v) is 4.43. The van der Waals surface area contributed by atoms with Crippen LogP contribution in [0, 0.1) is 0 Å². The summed E-state index contributed by atoms with van der Waals surface area (Å²) in [4.78, 5) is 6.39. The van der Waals surface area contributed by atoms with E-state index in [2.05, 4.69) is 9.88 Å². The third kappa shape index (κ3) is 2.73. The highest BCUT2D eigenvalue weighted by Crippen LogP contribution is 2.29. The van der Waals surface area contributed by atoms with E-state index in [-0.39, 0.29) is 12.7 Å². The van der Waals surface area contributed by atoms with Gasteiger partial charge in [-0.3, -0.25) is 4.98 Å². The quantitative estimate of drug-likeness (QED) is 0.789. The molecule has 24 heavy (non-hydrogen) atoms. The smallest absolute Gasteiger partial charge is 0.159 e. The van der Waals surface area contributed by atoms with Crippen LogP contribution in [0.4, 0.5) is 5.82 Å². The fourth-order valence-electron chi connectivity index (χ4n) is 2.98. The van der Waals surface area contributed by atoms with E-state index in [1.165, 1.54) is 0 Å². The molecule has 0 bridgehead atoms. The van der Waals surface area contributed by atoms with Gasteiger partial charge in [0.15, 0.2) is 5.82 Å². The molecule has 3 heterocycles. The normalized spacial score (nSPS) is 18.2. The number of hydrogen-bond acceptors (Lipinski definition) is 5. The summed E-state index contributed by atoms with van der Waals surface area (Å²) in [6.45, 7) is 1.94. The number of ether oxygens (including phenoxy) is 1. The lowest BCUT2D eigenvalue weighted by Gasteiger charge is -2.32. The molecule has 1 aromatic carbocycles. The zero-order valence-electron chi connectivity index (χ0n) is 13.0. The molecular weight excluding hydrogens is 328 g/mol. The summed E-state index contributed by atoms with van der Waals surface area (Å²) < 4.78 is 7.41. The summed E-state index contributed by atoms with van der Waals surface area (Å²) in [5.41, 5.74) is 1.86. The first kappa shape index (κ1) is 15.4. The highest BCUT2D eigenvalue weighted by atomic mass is 35.5. The van der Waals surface area contributed by atoms with Crippen LogP contribution in [-0.2, 0) is 4.74 Å². The number of nitrogens with zero attached hydrogens (tertiary/aromatic N) is 4. The molecule has 1 aliphatic rings. The van der Waals surface area contributed by atoms with Crippen molar-refractivity contribution in [2.24, 2.45) is 0 Å². The summed E-state index contributed by atoms with van der Waals surface area (Å²) in [7, 11) is 0. The summed E-state index contributed by atoms with van der Waals surface area (Å²) in [5, 5.41) is 15.9. The topological polar surface area (TPSA) is 63.4 Å². The van der Waals surface area contributed by atoms with Gasteiger partial charge >= 0.3 is 0 Å². The SMILES string of the molecule is OCC1CN(c2nn(-c3ccc(Cl)cc3)c3cnccc23)CCO1. The number of anilines is 1. The predicted molar refractivity (Wildman–Crippen MR) is 92.9 cm³/mol. The fourth-order valence-corrected chi connectivity index (χ4v) is 3.11. The maximum Gasteiger partial charge on any atom is 0.159 e. The van der Waals surface area contributed by atoms with E-state index in [1.807, 2.05) is 41.2 Å². The first-order chi connectivity index (χ1) is 11.8. The van der Waals surface area contributed by atoms with Crippen molar-refractivity contribution in [3.05, 3.63) is 47.7 Å². The molecule has 6 nitrogen and oxygen atoms in total. The minimum Gasteiger partial charge on any atom is -0.394 e. The van der Waals surface area contributed by atoms with Crippen LogP contribution in [0.3, 0.4) is 0 Å². The number of halogens is 1. The monoisotopic (exact) mass is 344 g/mol. The van der Waals surface area contributed by atoms with Crippen molar-refractivity contribution in [3.63, 3.8) is 0 Å². The highest BCUT2D eigenvalue weighted by molar-refractivity contribution is 6.30. The molecular formula is C17H17ClN4O2. The fraction of sp³-hybridized carbons (Fsp3) is 0.294. The Balaban J connectivity index is 1.80. The minimum atomic E-state index is -0.184. The lowest BCUT2D eigenvalue weighted by atomic mass is 10.2. The van der Waals surface area contributed by atoms with Crippen molar-refractivity contribution >= 4 is 28.3 Å². The number of morpholine rings is 1. The van der Waals surface area contributed by atoms with Gasteiger partial charge < -0.3 is 14.7 Å². The summed E-state index contributed by atoms with van der Waals surface area (Å²) in [5.74, 6) is 0.879. The van der Waals surface area contributed by atoms with Gasteiger partial charge in [0, 0.05) is 29.7 Å². The molecule has 1 N–H and O–H groups in total. The average Bonchev–Trinajstić information content (AvgIpc) is 3.02. The second-order valence-corrected chi connectivity index (χ2v) is 6.16. The predicted octanol–water partition coefficient (Wildman–Crippen LogP) is 2.27. The van der Waals surface area contributed by atoms with Gasteiger partial charge in [0.25, 0.3) is 0 Å². The van der Waals surface area contributed by atoms with Crippen molar-refractivity contribution in [3.8, 4) is 5.69 Å². The molecule has 0 radical (unpaired) electrons. The molecule has 0 saturated carbocycles. The van der Waals surface area contributed by atoms with Gasteiger partial charge in [0.2, 0.25) is 0 Å². The van der Waals surface area contributed by atoms with E-state index < -0.39 is 0 Å². The molecule has 1 unspecified atom stereocenters. The molecule has 7 heteroatoms. The van der Waals surface area contributed by atoms with Gasteiger partial charge in [-0.05, 0) is 30.3 Å². The van der Waals surface area contributed by atoms with Crippen LogP contribution >= 0.6 is 11.6 Å². The summed E-state index contributed by atoms with van der Waals surface area (Å²) in [6.07, 6.45) is 3.39. The van der Waals surface area contributed by atoms with Crippen LogP contribution in [0.1, 0.15) is 0 Å². The number of aromatic nitrogens is 3. The third-order valence-electron chi connectivity index (χ3n) is 4.18. The first-order valence-corrected chi connectivity index (χ1v) is 8.20. The van der Waals surface area contributed by atoms with E-state index in [4.69, 9.17) is 21.4 Å². The number of aliphatic hydroxyl groups is 1. The van der Waals surface area contributed by atoms with Crippen molar-refractivity contribution in [1.82, 2.24) is 14.8 Å². The van der Waals surface area contributed by atoms with Gasteiger partial charge in [-0.2, -0.15) is 0 Å². The first-order valence-electron chi connectivity index (χ1n) is 7.82. The van der Waals surface area contributed by atoms with Gasteiger partial charge in [0.05, 0.1) is 36.7 Å². The zero-order valence-corrected chi connectivity index (χ0v) is 13.7. The minimum absolute atomic E-state index is 0.00782. The Morgan fingerprint density at radius 2 is 2.08 bits per heavy atom. The van der Waals surface area contributed by atoms with Gasteiger partial charge in [-0.1, -0.05) is 11.6 Å². The van der Waals surface area contributed by atoms with Crippen LogP contribution in [0.2, 0.25) is 5.02 Å². The van der Waals surface area contributed by atoms with Crippen molar-refractivity contribution in [2.45, 2.75) is 6.10 Å². The van der Waals surface area contributed by atoms with E-state index in [0.29, 0.717) is 18.2 Å². The molecule has 1 saturated heterocycles. The number of rotatable bonds is 3. The molecule has 1 fully saturated rings. The van der Waals surface area contributed by atoms with E-state index in [0.717, 1.165) is 29.0 Å². The van der Waals surface area contributed by atoms with E-state index in [9.17, 15) is 5.11 Å². The Morgan fingerprint density at radius 1 is 1.25 bits per heavy atom. The van der Waals surface area contributed by atoms with Crippen molar-refractivity contribution in [2.75, 3.05) is 31.2 Å². The molecule has 0 aliphatic carbocycles. The summed E-state index contributed by atoms with van der Waals surface area (Å²) in [6, 6.07) is 9.52. The second kappa shape index (κ2) is 6.39. The van der Waals surface area contributed by atoms with Gasteiger partial charge in [-0.25, -0.2) is 4.68 Å². The van der Waals surface area contributed by atoms with Gasteiger partial charge in [-0.15, -0.1) is 5.10 Å². The average molecular weight is 345 g/mol. The maximum atomic E-state index is 9.38. The molecule has 0 spiro atoms. The number of fused-ring (bicyclic) bond motifs is 1. The second-order valence-electron chi connectivity index (χ2n) is 5.73. The Bertz CT molecular complexity index is 849. The molecule has 3 aromatic rings. The zero-order chi connectivity index (χ0) is 16.5. The van der Waals surface area contributed by atoms with Crippen LogP contribution < -0.4 is 4.90 Å². The summed E-state index contributed by atoms with van der Waals surface area (Å²) >= 11 is 5.99. The molecule has 1 atom stereocenters. The van der Waals surface area contributed by atoms with Crippen LogP contribution in [0.5, 0.6) is 0 Å². The van der Waals surface area contributed by atoms with E-state index in [1.54, 1.807) is 6.20 Å². The maximum absolute atomic E-state index is 9.38. The van der Waals surface area contributed by atoms with Crippen LogP contribution in [0.25, 0.3) is 16.6 Å². The lowest BCUT2D eigenvalue weighted by molar-refractivity contribution is 0.00341. The Morgan fingerprint density at radius 3 is 2.88 bits per heavy atom. The van der Waals surface area contributed by atoms with E-state index >= 15 is 0 Å². The molecule has 0 amide bonds. The van der Waals surface area contributed by atoms with Crippen LogP contribution in [-0.4, -0.2) is 52.3 Å². The largest absolute Gasteiger partial charge is 0.394 e. The molecule has 2 aromatic heterocycles. The lowest BCUT2D eigenvalue weighted by Crippen LogP contribution is -2.44. The van der Waals surface area contributed by atoms with Gasteiger partial charge in [0.1, 0.15) is 0 Å². The Hall–Kier alpha value is -2.15. The number of pyridine rings is 1.